The van der Waals surface area contributed by atoms with Gasteiger partial charge in [0.2, 0.25) is 0 Å². The minimum atomic E-state index is -0.406. The number of alkyl carbamates (subject to hydrolysis) is 1. The molecule has 1 aromatic rings. The van der Waals surface area contributed by atoms with E-state index in [0.717, 1.165) is 11.1 Å². The molecule has 0 aromatic heterocycles. The highest BCUT2D eigenvalue weighted by Gasteiger charge is 2.09. The van der Waals surface area contributed by atoms with E-state index in [-0.39, 0.29) is 6.04 Å². The van der Waals surface area contributed by atoms with Gasteiger partial charge in [-0.3, -0.25) is 0 Å². The standard InChI is InChI=1S/C14H18N2O2/c1-3-18-14(17)16-11(2)13-8-6-12(7-9-13)5-4-10-15/h6-9,11H,3,10,15H2,1-2H3,(H,16,17). The average Bonchev–Trinajstić information content (AvgIpc) is 2.37. The molecular weight excluding hydrogens is 228 g/mol. The summed E-state index contributed by atoms with van der Waals surface area (Å²) in [6.45, 7) is 4.39. The van der Waals surface area contributed by atoms with Crippen LogP contribution in [0.1, 0.15) is 31.0 Å². The van der Waals surface area contributed by atoms with Crippen molar-refractivity contribution in [2.75, 3.05) is 13.2 Å². The number of hydrogen-bond donors (Lipinski definition) is 2. The van der Waals surface area contributed by atoms with Gasteiger partial charge in [-0.15, -0.1) is 0 Å². The third-order valence-corrected chi connectivity index (χ3v) is 2.36. The van der Waals surface area contributed by atoms with Crippen LogP contribution in [0.3, 0.4) is 0 Å². The van der Waals surface area contributed by atoms with E-state index in [1.165, 1.54) is 0 Å². The van der Waals surface area contributed by atoms with Gasteiger partial charge < -0.3 is 15.8 Å². The van der Waals surface area contributed by atoms with E-state index in [1.807, 2.05) is 31.2 Å². The largest absolute Gasteiger partial charge is 0.450 e. The van der Waals surface area contributed by atoms with Gasteiger partial charge in [0.25, 0.3) is 0 Å². The summed E-state index contributed by atoms with van der Waals surface area (Å²) in [5.41, 5.74) is 7.21. The predicted octanol–water partition coefficient (Wildman–Crippen LogP) is 1.80. The molecular formula is C14H18N2O2. The molecule has 0 bridgehead atoms. The topological polar surface area (TPSA) is 64.3 Å². The molecule has 0 aliphatic carbocycles. The van der Waals surface area contributed by atoms with Crippen molar-refractivity contribution in [2.24, 2.45) is 5.73 Å². The van der Waals surface area contributed by atoms with Crippen molar-refractivity contribution in [3.63, 3.8) is 0 Å². The zero-order valence-corrected chi connectivity index (χ0v) is 10.7. The molecule has 18 heavy (non-hydrogen) atoms. The maximum absolute atomic E-state index is 11.3. The molecule has 0 fully saturated rings. The van der Waals surface area contributed by atoms with Crippen LogP contribution < -0.4 is 11.1 Å². The summed E-state index contributed by atoms with van der Waals surface area (Å²) in [4.78, 5) is 11.3. The number of amides is 1. The van der Waals surface area contributed by atoms with Crippen molar-refractivity contribution in [3.8, 4) is 11.8 Å². The van der Waals surface area contributed by atoms with Crippen LogP contribution >= 0.6 is 0 Å². The average molecular weight is 246 g/mol. The SMILES string of the molecule is CCOC(=O)NC(C)c1ccc(C#CCN)cc1. The molecule has 3 N–H and O–H groups in total. The maximum Gasteiger partial charge on any atom is 0.407 e. The van der Waals surface area contributed by atoms with Crippen LogP contribution in [-0.2, 0) is 4.74 Å². The van der Waals surface area contributed by atoms with E-state index in [9.17, 15) is 4.79 Å². The fourth-order valence-corrected chi connectivity index (χ4v) is 1.44. The van der Waals surface area contributed by atoms with E-state index in [0.29, 0.717) is 13.2 Å². The molecule has 0 heterocycles. The Kier molecular flexibility index (Phi) is 5.75. The predicted molar refractivity (Wildman–Crippen MR) is 70.9 cm³/mol. The summed E-state index contributed by atoms with van der Waals surface area (Å²) in [5, 5.41) is 2.74. The molecule has 1 unspecified atom stereocenters. The number of carbonyl (C=O) groups is 1. The van der Waals surface area contributed by atoms with Crippen molar-refractivity contribution in [2.45, 2.75) is 19.9 Å². The van der Waals surface area contributed by atoms with Crippen LogP contribution in [0.25, 0.3) is 0 Å². The third kappa shape index (κ3) is 4.48. The first kappa shape index (κ1) is 14.1. The van der Waals surface area contributed by atoms with Crippen molar-refractivity contribution >= 4 is 6.09 Å². The van der Waals surface area contributed by atoms with E-state index in [1.54, 1.807) is 6.92 Å². The first-order valence-electron chi connectivity index (χ1n) is 5.89. The molecule has 0 saturated heterocycles. The van der Waals surface area contributed by atoms with Gasteiger partial charge in [-0.25, -0.2) is 4.79 Å². The van der Waals surface area contributed by atoms with Gasteiger partial charge in [0.05, 0.1) is 19.2 Å². The maximum atomic E-state index is 11.3. The van der Waals surface area contributed by atoms with Crippen molar-refractivity contribution in [1.82, 2.24) is 5.32 Å². The van der Waals surface area contributed by atoms with Gasteiger partial charge >= 0.3 is 6.09 Å². The molecule has 1 aromatic carbocycles. The lowest BCUT2D eigenvalue weighted by Gasteiger charge is -2.13. The summed E-state index contributed by atoms with van der Waals surface area (Å²) in [5.74, 6) is 5.73. The molecule has 96 valence electrons. The lowest BCUT2D eigenvalue weighted by atomic mass is 10.1. The van der Waals surface area contributed by atoms with Gasteiger partial charge in [-0.2, -0.15) is 0 Å². The van der Waals surface area contributed by atoms with Crippen LogP contribution in [0, 0.1) is 11.8 Å². The van der Waals surface area contributed by atoms with Gasteiger partial charge in [-0.1, -0.05) is 24.0 Å². The highest BCUT2D eigenvalue weighted by molar-refractivity contribution is 5.67. The Hall–Kier alpha value is -1.99. The number of rotatable bonds is 3. The quantitative estimate of drug-likeness (QED) is 0.799. The minimum Gasteiger partial charge on any atom is -0.450 e. The van der Waals surface area contributed by atoms with Gasteiger partial charge in [0.1, 0.15) is 0 Å². The van der Waals surface area contributed by atoms with Gasteiger partial charge in [-0.05, 0) is 31.5 Å². The smallest absolute Gasteiger partial charge is 0.407 e. The second-order valence-corrected chi connectivity index (χ2v) is 3.71. The zero-order valence-electron chi connectivity index (χ0n) is 10.7. The Labute approximate surface area is 108 Å². The van der Waals surface area contributed by atoms with E-state index in [4.69, 9.17) is 10.5 Å². The lowest BCUT2D eigenvalue weighted by molar-refractivity contribution is 0.149. The van der Waals surface area contributed by atoms with Crippen LogP contribution in [0.4, 0.5) is 4.79 Å². The number of ether oxygens (including phenoxy) is 1. The Morgan fingerprint density at radius 1 is 1.44 bits per heavy atom. The van der Waals surface area contributed by atoms with Crippen LogP contribution in [-0.4, -0.2) is 19.2 Å². The first-order valence-corrected chi connectivity index (χ1v) is 5.89. The Morgan fingerprint density at radius 2 is 2.11 bits per heavy atom. The molecule has 0 saturated carbocycles. The Bertz CT molecular complexity index is 443. The van der Waals surface area contributed by atoms with E-state index >= 15 is 0 Å². The third-order valence-electron chi connectivity index (χ3n) is 2.36. The monoisotopic (exact) mass is 246 g/mol. The van der Waals surface area contributed by atoms with Crippen LogP contribution in [0.5, 0.6) is 0 Å². The number of hydrogen-bond acceptors (Lipinski definition) is 3. The molecule has 1 rings (SSSR count). The summed E-state index contributed by atoms with van der Waals surface area (Å²) >= 11 is 0. The number of nitrogens with two attached hydrogens (primary N) is 1. The van der Waals surface area contributed by atoms with E-state index < -0.39 is 6.09 Å². The molecule has 0 aliphatic rings. The molecule has 0 aliphatic heterocycles. The highest BCUT2D eigenvalue weighted by Crippen LogP contribution is 2.13. The summed E-state index contributed by atoms with van der Waals surface area (Å²) in [6, 6.07) is 7.57. The minimum absolute atomic E-state index is 0.0967. The number of benzene rings is 1. The Morgan fingerprint density at radius 3 is 2.67 bits per heavy atom. The zero-order chi connectivity index (χ0) is 13.4. The van der Waals surface area contributed by atoms with Gasteiger partial charge in [0, 0.05) is 5.56 Å². The first-order chi connectivity index (χ1) is 8.67. The summed E-state index contributed by atoms with van der Waals surface area (Å²) in [6.07, 6.45) is -0.406. The molecule has 0 spiro atoms. The molecule has 1 amide bonds. The number of nitrogens with one attached hydrogen (secondary N) is 1. The second-order valence-electron chi connectivity index (χ2n) is 3.71. The van der Waals surface area contributed by atoms with Gasteiger partial charge in [0.15, 0.2) is 0 Å². The molecule has 4 nitrogen and oxygen atoms in total. The van der Waals surface area contributed by atoms with Crippen molar-refractivity contribution in [1.29, 1.82) is 0 Å². The van der Waals surface area contributed by atoms with Crippen LogP contribution in [0.15, 0.2) is 24.3 Å². The van der Waals surface area contributed by atoms with Crippen molar-refractivity contribution < 1.29 is 9.53 Å². The number of carbonyl (C=O) groups excluding carboxylic acids is 1. The van der Waals surface area contributed by atoms with Crippen LogP contribution in [0.2, 0.25) is 0 Å². The lowest BCUT2D eigenvalue weighted by Crippen LogP contribution is -2.27. The summed E-state index contributed by atoms with van der Waals surface area (Å²) in [7, 11) is 0. The molecule has 4 heteroatoms. The normalized spacial score (nSPS) is 11.1. The second kappa shape index (κ2) is 7.36. The fourth-order valence-electron chi connectivity index (χ4n) is 1.44. The molecule has 0 radical (unpaired) electrons. The Balaban J connectivity index is 2.64. The fraction of sp³-hybridized carbons (Fsp3) is 0.357. The van der Waals surface area contributed by atoms with Crippen molar-refractivity contribution in [3.05, 3.63) is 35.4 Å². The summed E-state index contributed by atoms with van der Waals surface area (Å²) < 4.78 is 4.82. The van der Waals surface area contributed by atoms with E-state index in [2.05, 4.69) is 17.2 Å². The highest BCUT2D eigenvalue weighted by atomic mass is 16.5. The molecule has 1 atom stereocenters.